The van der Waals surface area contributed by atoms with Crippen LogP contribution in [0.5, 0.6) is 0 Å². The van der Waals surface area contributed by atoms with Crippen LogP contribution in [-0.2, 0) is 0 Å². The molecule has 0 fully saturated rings. The number of amides is 1. The number of rotatable bonds is 4. The van der Waals surface area contributed by atoms with Crippen LogP contribution in [0, 0.1) is 21.7 Å². The molecule has 0 radical (unpaired) electrons. The highest BCUT2D eigenvalue weighted by Crippen LogP contribution is 2.23. The smallest absolute Gasteiger partial charge is 0.285 e. The van der Waals surface area contributed by atoms with Crippen LogP contribution in [0.25, 0.3) is 11.0 Å². The van der Waals surface area contributed by atoms with E-state index >= 15 is 0 Å². The lowest BCUT2D eigenvalue weighted by atomic mass is 10.1. The fourth-order valence-corrected chi connectivity index (χ4v) is 2.39. The predicted octanol–water partition coefficient (Wildman–Crippen LogP) is 3.24. The first-order valence-electron chi connectivity index (χ1n) is 7.25. The molecule has 2 N–H and O–H groups in total. The minimum atomic E-state index is -1.39. The Labute approximate surface area is 139 Å². The van der Waals surface area contributed by atoms with Crippen molar-refractivity contribution in [1.82, 2.24) is 15.3 Å². The summed E-state index contributed by atoms with van der Waals surface area (Å²) in [5.41, 5.74) is 0.0786. The Bertz CT molecular complexity index is 954. The van der Waals surface area contributed by atoms with Gasteiger partial charge < -0.3 is 10.3 Å². The summed E-state index contributed by atoms with van der Waals surface area (Å²) in [5.74, 6) is -3.21. The van der Waals surface area contributed by atoms with Crippen LogP contribution < -0.4 is 5.32 Å². The van der Waals surface area contributed by atoms with Gasteiger partial charge in [-0.25, -0.2) is 13.8 Å². The van der Waals surface area contributed by atoms with Crippen molar-refractivity contribution in [1.29, 1.82) is 0 Å². The maximum Gasteiger partial charge on any atom is 0.285 e. The molecule has 0 spiro atoms. The highest BCUT2D eigenvalue weighted by molar-refractivity contribution is 5.98. The Balaban J connectivity index is 1.89. The molecular formula is C16H12F2N4O3. The monoisotopic (exact) mass is 346 g/mol. The quantitative estimate of drug-likeness (QED) is 0.559. The third kappa shape index (κ3) is 3.16. The van der Waals surface area contributed by atoms with E-state index in [4.69, 9.17) is 0 Å². The van der Waals surface area contributed by atoms with Crippen LogP contribution in [-0.4, -0.2) is 20.8 Å². The third-order valence-corrected chi connectivity index (χ3v) is 3.65. The lowest BCUT2D eigenvalue weighted by Crippen LogP contribution is -2.28. The number of halogens is 2. The van der Waals surface area contributed by atoms with Gasteiger partial charge in [0.1, 0.15) is 11.4 Å². The molecule has 0 aliphatic carbocycles. The van der Waals surface area contributed by atoms with E-state index in [1.54, 1.807) is 25.1 Å². The summed E-state index contributed by atoms with van der Waals surface area (Å²) in [6.07, 6.45) is 0. The van der Waals surface area contributed by atoms with E-state index < -0.39 is 39.8 Å². The average Bonchev–Trinajstić information content (AvgIpc) is 3.00. The zero-order valence-corrected chi connectivity index (χ0v) is 12.9. The molecule has 1 atom stereocenters. The van der Waals surface area contributed by atoms with Crippen LogP contribution in [0.3, 0.4) is 0 Å². The van der Waals surface area contributed by atoms with Gasteiger partial charge in [-0.15, -0.1) is 0 Å². The minimum Gasteiger partial charge on any atom is -0.342 e. The number of aromatic nitrogens is 2. The number of benzene rings is 2. The van der Waals surface area contributed by atoms with E-state index in [9.17, 15) is 23.7 Å². The van der Waals surface area contributed by atoms with E-state index in [0.29, 0.717) is 23.5 Å². The number of carbonyl (C=O) groups excluding carboxylic acids is 1. The van der Waals surface area contributed by atoms with Crippen molar-refractivity contribution in [2.24, 2.45) is 0 Å². The zero-order valence-electron chi connectivity index (χ0n) is 12.9. The number of nitrogens with zero attached hydrogens (tertiary/aromatic N) is 2. The average molecular weight is 346 g/mol. The number of hydrogen-bond donors (Lipinski definition) is 2. The van der Waals surface area contributed by atoms with Gasteiger partial charge in [0.25, 0.3) is 11.6 Å². The standard InChI is InChI=1S/C16H12F2N4O3/c1-8(15-20-12-4-2-3-5-13(12)21-15)19-16(23)9-6-10(17)11(18)7-14(9)22(24)25/h2-8H,1H3,(H,19,23)(H,20,21). The maximum absolute atomic E-state index is 13.4. The Morgan fingerprint density at radius 3 is 2.64 bits per heavy atom. The number of para-hydroxylation sites is 2. The maximum atomic E-state index is 13.4. The predicted molar refractivity (Wildman–Crippen MR) is 85.0 cm³/mol. The molecule has 1 amide bonds. The number of nitro groups is 1. The fraction of sp³-hybridized carbons (Fsp3) is 0.125. The van der Waals surface area contributed by atoms with Gasteiger partial charge in [0, 0.05) is 0 Å². The van der Waals surface area contributed by atoms with Crippen molar-refractivity contribution in [3.05, 3.63) is 69.5 Å². The molecule has 1 aromatic heterocycles. The number of nitrogens with one attached hydrogen (secondary N) is 2. The van der Waals surface area contributed by atoms with Crippen LogP contribution in [0.2, 0.25) is 0 Å². The number of aromatic amines is 1. The van der Waals surface area contributed by atoms with Gasteiger partial charge in [-0.3, -0.25) is 14.9 Å². The number of hydrogen-bond acceptors (Lipinski definition) is 4. The summed E-state index contributed by atoms with van der Waals surface area (Å²) in [4.78, 5) is 29.7. The van der Waals surface area contributed by atoms with Gasteiger partial charge in [0.15, 0.2) is 11.6 Å². The molecule has 9 heteroatoms. The second-order valence-corrected chi connectivity index (χ2v) is 5.37. The Morgan fingerprint density at radius 2 is 1.96 bits per heavy atom. The molecule has 3 aromatic rings. The van der Waals surface area contributed by atoms with E-state index in [0.717, 1.165) is 5.52 Å². The molecule has 0 aliphatic rings. The molecule has 0 aliphatic heterocycles. The van der Waals surface area contributed by atoms with Gasteiger partial charge in [0.05, 0.1) is 28.1 Å². The lowest BCUT2D eigenvalue weighted by Gasteiger charge is -2.11. The van der Waals surface area contributed by atoms with Crippen LogP contribution in [0.15, 0.2) is 36.4 Å². The number of nitro benzene ring substituents is 1. The van der Waals surface area contributed by atoms with Gasteiger partial charge >= 0.3 is 0 Å². The van der Waals surface area contributed by atoms with Crippen LogP contribution in [0.1, 0.15) is 29.1 Å². The normalized spacial score (nSPS) is 12.1. The summed E-state index contributed by atoms with van der Waals surface area (Å²) in [6, 6.07) is 7.47. The second kappa shape index (κ2) is 6.27. The minimum absolute atomic E-state index is 0.385. The fourth-order valence-electron chi connectivity index (χ4n) is 2.39. The van der Waals surface area contributed by atoms with E-state index in [2.05, 4.69) is 15.3 Å². The third-order valence-electron chi connectivity index (χ3n) is 3.65. The molecule has 1 unspecified atom stereocenters. The summed E-state index contributed by atoms with van der Waals surface area (Å²) in [5, 5.41) is 13.5. The molecule has 0 saturated carbocycles. The molecule has 0 bridgehead atoms. The van der Waals surface area contributed by atoms with Gasteiger partial charge in [-0.1, -0.05) is 12.1 Å². The number of imidazole rings is 1. The van der Waals surface area contributed by atoms with E-state index in [1.165, 1.54) is 0 Å². The van der Waals surface area contributed by atoms with E-state index in [-0.39, 0.29) is 0 Å². The molecule has 3 rings (SSSR count). The summed E-state index contributed by atoms with van der Waals surface area (Å²) < 4.78 is 26.6. The Morgan fingerprint density at radius 1 is 1.28 bits per heavy atom. The molecule has 7 nitrogen and oxygen atoms in total. The van der Waals surface area contributed by atoms with Crippen molar-refractivity contribution in [3.63, 3.8) is 0 Å². The number of H-pyrrole nitrogens is 1. The summed E-state index contributed by atoms with van der Waals surface area (Å²) in [6.45, 7) is 1.61. The Kier molecular flexibility index (Phi) is 4.14. The molecule has 1 heterocycles. The Hall–Kier alpha value is -3.36. The first-order valence-corrected chi connectivity index (χ1v) is 7.25. The molecular weight excluding hydrogens is 334 g/mol. The number of carbonyl (C=O) groups is 1. The molecule has 128 valence electrons. The van der Waals surface area contributed by atoms with E-state index in [1.807, 2.05) is 6.07 Å². The first kappa shape index (κ1) is 16.5. The zero-order chi connectivity index (χ0) is 18.1. The molecule has 0 saturated heterocycles. The van der Waals surface area contributed by atoms with Crippen molar-refractivity contribution < 1.29 is 18.5 Å². The summed E-state index contributed by atoms with van der Waals surface area (Å²) in [7, 11) is 0. The molecule has 25 heavy (non-hydrogen) atoms. The van der Waals surface area contributed by atoms with Crippen LogP contribution in [0.4, 0.5) is 14.5 Å². The lowest BCUT2D eigenvalue weighted by molar-refractivity contribution is -0.385. The molecule has 2 aromatic carbocycles. The van der Waals surface area contributed by atoms with Crippen LogP contribution >= 0.6 is 0 Å². The van der Waals surface area contributed by atoms with Gasteiger partial charge in [0.2, 0.25) is 0 Å². The first-order chi connectivity index (χ1) is 11.9. The second-order valence-electron chi connectivity index (χ2n) is 5.37. The van der Waals surface area contributed by atoms with Crippen molar-refractivity contribution in [2.75, 3.05) is 0 Å². The highest BCUT2D eigenvalue weighted by atomic mass is 19.2. The topological polar surface area (TPSA) is 101 Å². The SMILES string of the molecule is CC(NC(=O)c1cc(F)c(F)cc1[N+](=O)[O-])c1nc2ccccc2[nH]1. The highest BCUT2D eigenvalue weighted by Gasteiger charge is 2.25. The summed E-state index contributed by atoms with van der Waals surface area (Å²) >= 11 is 0. The van der Waals surface area contributed by atoms with Crippen molar-refractivity contribution in [2.45, 2.75) is 13.0 Å². The van der Waals surface area contributed by atoms with Crippen molar-refractivity contribution in [3.8, 4) is 0 Å². The largest absolute Gasteiger partial charge is 0.342 e. The van der Waals surface area contributed by atoms with Gasteiger partial charge in [-0.2, -0.15) is 0 Å². The van der Waals surface area contributed by atoms with Crippen molar-refractivity contribution >= 4 is 22.6 Å². The number of fused-ring (bicyclic) bond motifs is 1. The van der Waals surface area contributed by atoms with Gasteiger partial charge in [-0.05, 0) is 25.1 Å².